The van der Waals surface area contributed by atoms with E-state index in [2.05, 4.69) is 23.3 Å². The summed E-state index contributed by atoms with van der Waals surface area (Å²) in [6.45, 7) is 3.08. The van der Waals surface area contributed by atoms with E-state index >= 15 is 0 Å². The first-order valence-electron chi connectivity index (χ1n) is 7.57. The molecular formula is C17H21N3O. The van der Waals surface area contributed by atoms with Gasteiger partial charge in [-0.3, -0.25) is 0 Å². The first-order chi connectivity index (χ1) is 10.3. The molecule has 1 saturated carbocycles. The van der Waals surface area contributed by atoms with Crippen molar-refractivity contribution in [2.75, 3.05) is 19.0 Å². The van der Waals surface area contributed by atoms with Crippen LogP contribution in [0.1, 0.15) is 37.9 Å². The van der Waals surface area contributed by atoms with E-state index in [1.54, 1.807) is 7.11 Å². The summed E-state index contributed by atoms with van der Waals surface area (Å²) in [6.07, 6.45) is 3.49. The van der Waals surface area contributed by atoms with Gasteiger partial charge in [0.25, 0.3) is 0 Å². The number of nitrogens with one attached hydrogen (secondary N) is 1. The monoisotopic (exact) mass is 283 g/mol. The number of methoxy groups -OCH3 is 1. The standard InChI is InChI=1S/C17H21N3O/c1-3-9-18-16-11-15(19-17(20-16)12-7-8-12)13-5-4-6-14(10-13)21-2/h4-6,10-12H,3,7-9H2,1-2H3,(H,18,19,20). The Morgan fingerprint density at radius 1 is 1.24 bits per heavy atom. The summed E-state index contributed by atoms with van der Waals surface area (Å²) < 4.78 is 5.30. The van der Waals surface area contributed by atoms with Gasteiger partial charge in [0, 0.05) is 24.1 Å². The van der Waals surface area contributed by atoms with Crippen LogP contribution in [0.5, 0.6) is 5.75 Å². The molecule has 1 heterocycles. The smallest absolute Gasteiger partial charge is 0.134 e. The Morgan fingerprint density at radius 3 is 2.81 bits per heavy atom. The van der Waals surface area contributed by atoms with Crippen LogP contribution in [0.25, 0.3) is 11.3 Å². The van der Waals surface area contributed by atoms with Crippen LogP contribution in [0.2, 0.25) is 0 Å². The molecule has 110 valence electrons. The zero-order chi connectivity index (χ0) is 14.7. The fourth-order valence-corrected chi connectivity index (χ4v) is 2.26. The van der Waals surface area contributed by atoms with Crippen LogP contribution in [0, 0.1) is 0 Å². The van der Waals surface area contributed by atoms with Crippen molar-refractivity contribution in [1.29, 1.82) is 0 Å². The van der Waals surface area contributed by atoms with E-state index in [0.717, 1.165) is 41.6 Å². The van der Waals surface area contributed by atoms with E-state index in [9.17, 15) is 0 Å². The molecular weight excluding hydrogens is 262 g/mol. The molecule has 1 N–H and O–H groups in total. The second kappa shape index (κ2) is 6.12. The van der Waals surface area contributed by atoms with Crippen LogP contribution in [0.3, 0.4) is 0 Å². The molecule has 1 aromatic carbocycles. The van der Waals surface area contributed by atoms with Gasteiger partial charge in [-0.05, 0) is 31.4 Å². The highest BCUT2D eigenvalue weighted by Gasteiger charge is 2.27. The average molecular weight is 283 g/mol. The number of hydrogen-bond acceptors (Lipinski definition) is 4. The fraction of sp³-hybridized carbons (Fsp3) is 0.412. The molecule has 1 aliphatic rings. The number of aromatic nitrogens is 2. The van der Waals surface area contributed by atoms with Gasteiger partial charge in [-0.2, -0.15) is 0 Å². The third-order valence-electron chi connectivity index (χ3n) is 3.61. The van der Waals surface area contributed by atoms with Gasteiger partial charge in [-0.25, -0.2) is 9.97 Å². The second-order valence-electron chi connectivity index (χ2n) is 5.43. The number of ether oxygens (including phenoxy) is 1. The molecule has 1 aromatic heterocycles. The number of nitrogens with zero attached hydrogens (tertiary/aromatic N) is 2. The summed E-state index contributed by atoms with van der Waals surface area (Å²) in [4.78, 5) is 9.39. The van der Waals surface area contributed by atoms with Crippen molar-refractivity contribution in [3.63, 3.8) is 0 Å². The summed E-state index contributed by atoms with van der Waals surface area (Å²) in [5.41, 5.74) is 2.03. The summed E-state index contributed by atoms with van der Waals surface area (Å²) in [7, 11) is 1.68. The lowest BCUT2D eigenvalue weighted by molar-refractivity contribution is 0.415. The van der Waals surface area contributed by atoms with Crippen LogP contribution in [-0.4, -0.2) is 23.6 Å². The van der Waals surface area contributed by atoms with Crippen molar-refractivity contribution in [3.05, 3.63) is 36.2 Å². The Kier molecular flexibility index (Phi) is 4.04. The molecule has 0 radical (unpaired) electrons. The summed E-state index contributed by atoms with van der Waals surface area (Å²) >= 11 is 0. The minimum absolute atomic E-state index is 0.540. The number of anilines is 1. The quantitative estimate of drug-likeness (QED) is 0.874. The number of hydrogen-bond donors (Lipinski definition) is 1. The molecule has 0 saturated heterocycles. The Bertz CT molecular complexity index is 623. The van der Waals surface area contributed by atoms with E-state index < -0.39 is 0 Å². The first kappa shape index (κ1) is 13.9. The third-order valence-corrected chi connectivity index (χ3v) is 3.61. The van der Waals surface area contributed by atoms with Gasteiger partial charge in [-0.1, -0.05) is 19.1 Å². The molecule has 0 aliphatic heterocycles. The van der Waals surface area contributed by atoms with Gasteiger partial charge < -0.3 is 10.1 Å². The van der Waals surface area contributed by atoms with E-state index in [1.807, 2.05) is 24.3 Å². The predicted octanol–water partition coefficient (Wildman–Crippen LogP) is 3.85. The third kappa shape index (κ3) is 3.32. The zero-order valence-corrected chi connectivity index (χ0v) is 12.6. The molecule has 0 unspecified atom stereocenters. The van der Waals surface area contributed by atoms with Crippen LogP contribution >= 0.6 is 0 Å². The molecule has 3 rings (SSSR count). The maximum Gasteiger partial charge on any atom is 0.134 e. The van der Waals surface area contributed by atoms with Crippen molar-refractivity contribution < 1.29 is 4.74 Å². The molecule has 0 spiro atoms. The van der Waals surface area contributed by atoms with Gasteiger partial charge in [-0.15, -0.1) is 0 Å². The highest BCUT2D eigenvalue weighted by Crippen LogP contribution is 2.39. The van der Waals surface area contributed by atoms with Gasteiger partial charge in [0.05, 0.1) is 12.8 Å². The van der Waals surface area contributed by atoms with Crippen molar-refractivity contribution in [2.24, 2.45) is 0 Å². The second-order valence-corrected chi connectivity index (χ2v) is 5.43. The zero-order valence-electron chi connectivity index (χ0n) is 12.6. The average Bonchev–Trinajstić information content (AvgIpc) is 3.37. The lowest BCUT2D eigenvalue weighted by Gasteiger charge is -2.10. The summed E-state index contributed by atoms with van der Waals surface area (Å²) in [5, 5.41) is 3.37. The van der Waals surface area contributed by atoms with Crippen molar-refractivity contribution in [3.8, 4) is 17.0 Å². The first-order valence-corrected chi connectivity index (χ1v) is 7.57. The van der Waals surface area contributed by atoms with E-state index in [-0.39, 0.29) is 0 Å². The minimum Gasteiger partial charge on any atom is -0.497 e. The minimum atomic E-state index is 0.540. The molecule has 4 nitrogen and oxygen atoms in total. The number of benzene rings is 1. The fourth-order valence-electron chi connectivity index (χ4n) is 2.26. The van der Waals surface area contributed by atoms with Gasteiger partial charge in [0.15, 0.2) is 0 Å². The van der Waals surface area contributed by atoms with Crippen molar-refractivity contribution >= 4 is 5.82 Å². The maximum atomic E-state index is 5.30. The van der Waals surface area contributed by atoms with E-state index in [0.29, 0.717) is 5.92 Å². The van der Waals surface area contributed by atoms with Crippen molar-refractivity contribution in [2.45, 2.75) is 32.1 Å². The summed E-state index contributed by atoms with van der Waals surface area (Å²) in [6, 6.07) is 10.0. The molecule has 2 aromatic rings. The molecule has 0 amide bonds. The SMILES string of the molecule is CCCNc1cc(-c2cccc(OC)c2)nc(C2CC2)n1. The van der Waals surface area contributed by atoms with Crippen LogP contribution < -0.4 is 10.1 Å². The topological polar surface area (TPSA) is 47.0 Å². The van der Waals surface area contributed by atoms with Gasteiger partial charge in [0.2, 0.25) is 0 Å². The molecule has 1 aliphatic carbocycles. The van der Waals surface area contributed by atoms with Gasteiger partial charge in [0.1, 0.15) is 17.4 Å². The molecule has 0 bridgehead atoms. The Hall–Kier alpha value is -2.10. The Balaban J connectivity index is 1.97. The maximum absolute atomic E-state index is 5.30. The normalized spacial score (nSPS) is 14.0. The van der Waals surface area contributed by atoms with Crippen molar-refractivity contribution in [1.82, 2.24) is 9.97 Å². The Labute approximate surface area is 125 Å². The molecule has 1 fully saturated rings. The lowest BCUT2D eigenvalue weighted by atomic mass is 10.1. The summed E-state index contributed by atoms with van der Waals surface area (Å²) in [5.74, 6) is 3.28. The predicted molar refractivity (Wildman–Crippen MR) is 84.8 cm³/mol. The van der Waals surface area contributed by atoms with Crippen LogP contribution in [0.15, 0.2) is 30.3 Å². The van der Waals surface area contributed by atoms with Crippen LogP contribution in [0.4, 0.5) is 5.82 Å². The lowest BCUT2D eigenvalue weighted by Crippen LogP contribution is -2.05. The van der Waals surface area contributed by atoms with Gasteiger partial charge >= 0.3 is 0 Å². The largest absolute Gasteiger partial charge is 0.497 e. The van der Waals surface area contributed by atoms with E-state index in [1.165, 1.54) is 12.8 Å². The molecule has 0 atom stereocenters. The van der Waals surface area contributed by atoms with E-state index in [4.69, 9.17) is 9.72 Å². The Morgan fingerprint density at radius 2 is 2.10 bits per heavy atom. The van der Waals surface area contributed by atoms with Crippen LogP contribution in [-0.2, 0) is 0 Å². The molecule has 4 heteroatoms. The number of rotatable bonds is 6. The highest BCUT2D eigenvalue weighted by atomic mass is 16.5. The molecule has 21 heavy (non-hydrogen) atoms. The highest BCUT2D eigenvalue weighted by molar-refractivity contribution is 5.64.